The molecule has 1 heterocycles. The molecule has 1 aromatic rings. The zero-order valence-corrected chi connectivity index (χ0v) is 12.0. The first kappa shape index (κ1) is 15.0. The molecule has 0 bridgehead atoms. The summed E-state index contributed by atoms with van der Waals surface area (Å²) in [5.74, 6) is -0.777. The van der Waals surface area contributed by atoms with Crippen LogP contribution >= 0.6 is 10.7 Å². The van der Waals surface area contributed by atoms with Crippen LogP contribution in [-0.2, 0) is 13.8 Å². The number of carbonyl (C=O) groups is 1. The fourth-order valence-electron chi connectivity index (χ4n) is 1.51. The molecule has 1 rings (SSSR count). The zero-order chi connectivity index (χ0) is 13.9. The van der Waals surface area contributed by atoms with E-state index in [-0.39, 0.29) is 22.5 Å². The van der Waals surface area contributed by atoms with Gasteiger partial charge < -0.3 is 9.15 Å². The van der Waals surface area contributed by atoms with Gasteiger partial charge in [-0.2, -0.15) is 0 Å². The number of furan rings is 1. The third-order valence-corrected chi connectivity index (χ3v) is 3.77. The van der Waals surface area contributed by atoms with Gasteiger partial charge in [-0.15, -0.1) is 0 Å². The van der Waals surface area contributed by atoms with Crippen LogP contribution in [0.5, 0.6) is 0 Å². The lowest BCUT2D eigenvalue weighted by Crippen LogP contribution is -2.14. The van der Waals surface area contributed by atoms with Crippen molar-refractivity contribution in [1.82, 2.24) is 0 Å². The maximum atomic E-state index is 11.7. The van der Waals surface area contributed by atoms with E-state index in [4.69, 9.17) is 19.8 Å². The summed E-state index contributed by atoms with van der Waals surface area (Å²) in [4.78, 5) is 11.5. The number of rotatable bonds is 5. The van der Waals surface area contributed by atoms with Gasteiger partial charge in [0.15, 0.2) is 0 Å². The number of hydrogen-bond acceptors (Lipinski definition) is 5. The van der Waals surface area contributed by atoms with E-state index >= 15 is 0 Å². The van der Waals surface area contributed by atoms with Crippen LogP contribution in [0.3, 0.4) is 0 Å². The highest BCUT2D eigenvalue weighted by Gasteiger charge is 2.23. The Hall–Kier alpha value is -1.01. The van der Waals surface area contributed by atoms with Gasteiger partial charge in [-0.3, -0.25) is 0 Å². The fourth-order valence-corrected chi connectivity index (χ4v) is 2.61. The third-order valence-electron chi connectivity index (χ3n) is 2.34. The first-order valence-corrected chi connectivity index (χ1v) is 7.82. The lowest BCUT2D eigenvalue weighted by atomic mass is 10.2. The van der Waals surface area contributed by atoms with Crippen LogP contribution in [-0.4, -0.2) is 20.5 Å². The summed E-state index contributed by atoms with van der Waals surface area (Å²) in [5, 5.41) is 0. The Balaban J connectivity index is 2.89. The Morgan fingerprint density at radius 2 is 2.17 bits per heavy atom. The van der Waals surface area contributed by atoms with Crippen molar-refractivity contribution in [2.75, 3.05) is 0 Å². The second-order valence-electron chi connectivity index (χ2n) is 3.97. The monoisotopic (exact) mass is 294 g/mol. The summed E-state index contributed by atoms with van der Waals surface area (Å²) in [7, 11) is 1.28. The van der Waals surface area contributed by atoms with E-state index in [2.05, 4.69) is 0 Å². The van der Waals surface area contributed by atoms with E-state index < -0.39 is 15.0 Å². The standard InChI is InChI=1S/C11H15ClO5S/c1-4-5-7(2)16-11(13)9-6-10(8(3)17-9)18(12,14)15/h6-7H,4-5H2,1-3H3. The predicted octanol–water partition coefficient (Wildman–Crippen LogP) is 2.86. The molecule has 0 saturated heterocycles. The molecule has 1 atom stereocenters. The normalized spacial score (nSPS) is 13.3. The highest BCUT2D eigenvalue weighted by Crippen LogP contribution is 2.24. The minimum Gasteiger partial charge on any atom is -0.457 e. The van der Waals surface area contributed by atoms with E-state index in [9.17, 15) is 13.2 Å². The van der Waals surface area contributed by atoms with Crippen LogP contribution < -0.4 is 0 Å². The van der Waals surface area contributed by atoms with Gasteiger partial charge in [0, 0.05) is 16.7 Å². The summed E-state index contributed by atoms with van der Waals surface area (Å²) in [6, 6.07) is 1.08. The Bertz CT molecular complexity index is 532. The summed E-state index contributed by atoms with van der Waals surface area (Å²) >= 11 is 0. The molecule has 0 aliphatic carbocycles. The van der Waals surface area contributed by atoms with Crippen molar-refractivity contribution in [1.29, 1.82) is 0 Å². The Kier molecular flexibility index (Phi) is 4.81. The largest absolute Gasteiger partial charge is 0.457 e. The molecule has 1 unspecified atom stereocenters. The summed E-state index contributed by atoms with van der Waals surface area (Å²) < 4.78 is 32.5. The average molecular weight is 295 g/mol. The molecular weight excluding hydrogens is 280 g/mol. The molecule has 0 aliphatic rings. The van der Waals surface area contributed by atoms with Crippen LogP contribution in [0.25, 0.3) is 0 Å². The number of carbonyl (C=O) groups excluding carboxylic acids is 1. The van der Waals surface area contributed by atoms with E-state index in [1.807, 2.05) is 6.92 Å². The lowest BCUT2D eigenvalue weighted by molar-refractivity contribution is 0.0286. The number of ether oxygens (including phenoxy) is 1. The molecule has 0 saturated carbocycles. The zero-order valence-electron chi connectivity index (χ0n) is 10.4. The first-order chi connectivity index (χ1) is 8.25. The minimum absolute atomic E-state index is 0.0695. The molecule has 7 heteroatoms. The molecule has 5 nitrogen and oxygen atoms in total. The van der Waals surface area contributed by atoms with E-state index in [1.54, 1.807) is 6.92 Å². The molecule has 1 aromatic heterocycles. The van der Waals surface area contributed by atoms with Gasteiger partial charge in [0.2, 0.25) is 5.76 Å². The Morgan fingerprint density at radius 1 is 1.56 bits per heavy atom. The van der Waals surface area contributed by atoms with Gasteiger partial charge >= 0.3 is 5.97 Å². The molecule has 0 fully saturated rings. The van der Waals surface area contributed by atoms with Crippen molar-refractivity contribution in [2.24, 2.45) is 0 Å². The highest BCUT2D eigenvalue weighted by atomic mass is 35.7. The minimum atomic E-state index is -3.91. The van der Waals surface area contributed by atoms with Crippen molar-refractivity contribution < 1.29 is 22.4 Å². The highest BCUT2D eigenvalue weighted by molar-refractivity contribution is 8.13. The number of hydrogen-bond donors (Lipinski definition) is 0. The lowest BCUT2D eigenvalue weighted by Gasteiger charge is -2.10. The molecule has 0 aromatic carbocycles. The van der Waals surface area contributed by atoms with E-state index in [0.29, 0.717) is 0 Å². The smallest absolute Gasteiger partial charge is 0.374 e. The fraction of sp³-hybridized carbons (Fsp3) is 0.545. The summed E-state index contributed by atoms with van der Waals surface area (Å²) in [6.45, 7) is 5.15. The second kappa shape index (κ2) is 5.75. The maximum Gasteiger partial charge on any atom is 0.374 e. The van der Waals surface area contributed by atoms with Crippen LogP contribution in [0, 0.1) is 6.92 Å². The average Bonchev–Trinajstić information content (AvgIpc) is 2.60. The Morgan fingerprint density at radius 3 is 2.61 bits per heavy atom. The molecule has 0 aliphatic heterocycles. The topological polar surface area (TPSA) is 73.6 Å². The van der Waals surface area contributed by atoms with E-state index in [1.165, 1.54) is 6.92 Å². The molecule has 102 valence electrons. The predicted molar refractivity (Wildman–Crippen MR) is 66.3 cm³/mol. The molecule has 18 heavy (non-hydrogen) atoms. The first-order valence-electron chi connectivity index (χ1n) is 5.51. The van der Waals surface area contributed by atoms with Crippen molar-refractivity contribution in [3.05, 3.63) is 17.6 Å². The molecular formula is C11H15ClO5S. The van der Waals surface area contributed by atoms with Gasteiger partial charge in [-0.05, 0) is 20.3 Å². The van der Waals surface area contributed by atoms with Gasteiger partial charge in [-0.1, -0.05) is 13.3 Å². The SMILES string of the molecule is CCCC(C)OC(=O)c1cc(S(=O)(=O)Cl)c(C)o1. The number of aryl methyl sites for hydroxylation is 1. The van der Waals surface area contributed by atoms with Crippen LogP contribution in [0.15, 0.2) is 15.4 Å². The molecule has 0 radical (unpaired) electrons. The maximum absolute atomic E-state index is 11.7. The quantitative estimate of drug-likeness (QED) is 0.616. The van der Waals surface area contributed by atoms with Gasteiger partial charge in [0.1, 0.15) is 10.7 Å². The van der Waals surface area contributed by atoms with Crippen molar-refractivity contribution >= 4 is 25.7 Å². The molecule has 0 amide bonds. The van der Waals surface area contributed by atoms with Gasteiger partial charge in [0.05, 0.1) is 6.10 Å². The number of esters is 1. The summed E-state index contributed by atoms with van der Waals surface area (Å²) in [5.41, 5.74) is 0. The van der Waals surface area contributed by atoms with Crippen molar-refractivity contribution in [2.45, 2.75) is 44.6 Å². The van der Waals surface area contributed by atoms with Crippen LogP contribution in [0.4, 0.5) is 0 Å². The number of halogens is 1. The molecule has 0 N–H and O–H groups in total. The Labute approximate surface area is 110 Å². The van der Waals surface area contributed by atoms with Crippen molar-refractivity contribution in [3.63, 3.8) is 0 Å². The van der Waals surface area contributed by atoms with Crippen molar-refractivity contribution in [3.8, 4) is 0 Å². The van der Waals surface area contributed by atoms with Crippen LogP contribution in [0.2, 0.25) is 0 Å². The van der Waals surface area contributed by atoms with Gasteiger partial charge in [-0.25, -0.2) is 13.2 Å². The van der Waals surface area contributed by atoms with Crippen LogP contribution in [0.1, 0.15) is 43.0 Å². The molecule has 0 spiro atoms. The van der Waals surface area contributed by atoms with Gasteiger partial charge in [0.25, 0.3) is 9.05 Å². The second-order valence-corrected chi connectivity index (χ2v) is 6.51. The third kappa shape index (κ3) is 3.74. The van der Waals surface area contributed by atoms with E-state index in [0.717, 1.165) is 18.9 Å². The summed E-state index contributed by atoms with van der Waals surface area (Å²) in [6.07, 6.45) is 1.36.